The van der Waals surface area contributed by atoms with Gasteiger partial charge in [-0.05, 0) is 24.0 Å². The molecule has 0 aliphatic carbocycles. The number of nitrogens with zero attached hydrogens (tertiary/aromatic N) is 1. The van der Waals surface area contributed by atoms with Crippen LogP contribution in [0.25, 0.3) is 0 Å². The van der Waals surface area contributed by atoms with E-state index < -0.39 is 0 Å². The molecule has 1 aromatic rings. The first kappa shape index (κ1) is 10.5. The molecule has 72 valence electrons. The fraction of sp³-hybridized carbons (Fsp3) is 0.545. The zero-order valence-electron chi connectivity index (χ0n) is 8.26. The monoisotopic (exact) mass is 197 g/mol. The molecule has 0 fully saturated rings. The molecule has 0 aromatic carbocycles. The van der Waals surface area contributed by atoms with Crippen molar-refractivity contribution in [3.8, 4) is 0 Å². The lowest BCUT2D eigenvalue weighted by molar-refractivity contribution is 0.624. The molecule has 13 heavy (non-hydrogen) atoms. The van der Waals surface area contributed by atoms with Gasteiger partial charge in [-0.3, -0.25) is 4.98 Å². The molecule has 1 nitrogen and oxygen atoms in total. The van der Waals surface area contributed by atoms with Gasteiger partial charge >= 0.3 is 0 Å². The molecule has 2 heteroatoms. The molecule has 0 unspecified atom stereocenters. The zero-order chi connectivity index (χ0) is 9.68. The third-order valence-corrected chi connectivity index (χ3v) is 2.64. The van der Waals surface area contributed by atoms with E-state index in [4.69, 9.17) is 11.6 Å². The minimum Gasteiger partial charge on any atom is -0.263 e. The number of hydrogen-bond donors (Lipinski definition) is 0. The van der Waals surface area contributed by atoms with E-state index in [-0.39, 0.29) is 0 Å². The van der Waals surface area contributed by atoms with Crippen molar-refractivity contribution in [3.63, 3.8) is 0 Å². The van der Waals surface area contributed by atoms with Crippen LogP contribution in [0.2, 0.25) is 5.02 Å². The summed E-state index contributed by atoms with van der Waals surface area (Å²) in [6, 6.07) is 2.02. The molecule has 0 saturated heterocycles. The highest BCUT2D eigenvalue weighted by atomic mass is 35.5. The van der Waals surface area contributed by atoms with Gasteiger partial charge in [0.1, 0.15) is 0 Å². The Morgan fingerprint density at radius 2 is 2.31 bits per heavy atom. The van der Waals surface area contributed by atoms with E-state index in [9.17, 15) is 0 Å². The number of hydrogen-bond acceptors (Lipinski definition) is 1. The Hall–Kier alpha value is -0.560. The first-order chi connectivity index (χ1) is 6.25. The second-order valence-corrected chi connectivity index (χ2v) is 3.85. The van der Waals surface area contributed by atoms with Crippen LogP contribution < -0.4 is 0 Å². The molecule has 0 radical (unpaired) electrons. The molecule has 0 aliphatic rings. The molecule has 0 saturated carbocycles. The average molecular weight is 198 g/mol. The van der Waals surface area contributed by atoms with Crippen molar-refractivity contribution in [2.24, 2.45) is 0 Å². The van der Waals surface area contributed by atoms with Crippen molar-refractivity contribution in [3.05, 3.63) is 29.0 Å². The van der Waals surface area contributed by atoms with E-state index in [1.165, 1.54) is 24.8 Å². The first-order valence-corrected chi connectivity index (χ1v) is 5.23. The second-order valence-electron chi connectivity index (χ2n) is 3.44. The highest BCUT2D eigenvalue weighted by Gasteiger charge is 2.08. The predicted octanol–water partition coefficient (Wildman–Crippen LogP) is 4.03. The van der Waals surface area contributed by atoms with Gasteiger partial charge in [0.25, 0.3) is 0 Å². The number of pyridine rings is 1. The van der Waals surface area contributed by atoms with Gasteiger partial charge in [0.15, 0.2) is 0 Å². The lowest BCUT2D eigenvalue weighted by Gasteiger charge is -2.11. The molecule has 1 rings (SSSR count). The fourth-order valence-corrected chi connectivity index (χ4v) is 1.76. The molecular formula is C11H16ClN. The summed E-state index contributed by atoms with van der Waals surface area (Å²) in [5.41, 5.74) is 1.23. The molecular weight excluding hydrogens is 182 g/mol. The lowest BCUT2D eigenvalue weighted by Crippen LogP contribution is -1.94. The van der Waals surface area contributed by atoms with Crippen molar-refractivity contribution in [2.45, 2.75) is 39.0 Å². The number of halogens is 1. The minimum atomic E-state index is 0.551. The average Bonchev–Trinajstić information content (AvgIpc) is 2.15. The van der Waals surface area contributed by atoms with Crippen LogP contribution in [0, 0.1) is 0 Å². The van der Waals surface area contributed by atoms with E-state index >= 15 is 0 Å². The largest absolute Gasteiger partial charge is 0.263 e. The van der Waals surface area contributed by atoms with Crippen molar-refractivity contribution < 1.29 is 0 Å². The van der Waals surface area contributed by atoms with Gasteiger partial charge in [-0.15, -0.1) is 0 Å². The van der Waals surface area contributed by atoms with Gasteiger partial charge < -0.3 is 0 Å². The summed E-state index contributed by atoms with van der Waals surface area (Å²) in [5, 5.41) is 0.797. The van der Waals surface area contributed by atoms with Crippen LogP contribution in [-0.4, -0.2) is 4.98 Å². The molecule has 0 N–H and O–H groups in total. The Morgan fingerprint density at radius 1 is 1.54 bits per heavy atom. The summed E-state index contributed by atoms with van der Waals surface area (Å²) in [4.78, 5) is 3.98. The predicted molar refractivity (Wildman–Crippen MR) is 57.2 cm³/mol. The summed E-state index contributed by atoms with van der Waals surface area (Å²) in [5.74, 6) is 0.551. The molecule has 0 aliphatic heterocycles. The molecule has 0 amide bonds. The summed E-state index contributed by atoms with van der Waals surface area (Å²) in [6.45, 7) is 4.43. The van der Waals surface area contributed by atoms with Crippen LogP contribution in [0.5, 0.6) is 0 Å². The van der Waals surface area contributed by atoms with Gasteiger partial charge in [-0.25, -0.2) is 0 Å². The summed E-state index contributed by atoms with van der Waals surface area (Å²) in [6.07, 6.45) is 7.25. The maximum Gasteiger partial charge on any atom is 0.0624 e. The van der Waals surface area contributed by atoms with Crippen LogP contribution in [0.15, 0.2) is 18.5 Å². The van der Waals surface area contributed by atoms with E-state index in [1.54, 1.807) is 6.20 Å². The van der Waals surface area contributed by atoms with Crippen molar-refractivity contribution in [1.82, 2.24) is 4.98 Å². The van der Waals surface area contributed by atoms with Crippen LogP contribution in [0.4, 0.5) is 0 Å². The molecule has 0 bridgehead atoms. The molecule has 1 aromatic heterocycles. The first-order valence-electron chi connectivity index (χ1n) is 4.85. The van der Waals surface area contributed by atoms with Gasteiger partial charge in [0.2, 0.25) is 0 Å². The summed E-state index contributed by atoms with van der Waals surface area (Å²) in [7, 11) is 0. The van der Waals surface area contributed by atoms with Crippen LogP contribution in [-0.2, 0) is 0 Å². The van der Waals surface area contributed by atoms with Crippen LogP contribution >= 0.6 is 11.6 Å². The van der Waals surface area contributed by atoms with Gasteiger partial charge in [0.05, 0.1) is 5.02 Å². The number of aromatic nitrogens is 1. The van der Waals surface area contributed by atoms with Crippen LogP contribution in [0.1, 0.15) is 44.6 Å². The van der Waals surface area contributed by atoms with E-state index in [0.717, 1.165) is 5.02 Å². The van der Waals surface area contributed by atoms with E-state index in [1.807, 2.05) is 12.3 Å². The molecule has 0 spiro atoms. The minimum absolute atomic E-state index is 0.551. The Kier molecular flexibility index (Phi) is 4.23. The maximum absolute atomic E-state index is 6.04. The Balaban J connectivity index is 2.65. The molecule has 1 heterocycles. The SMILES string of the molecule is CCCC[C@@H](C)c1ccncc1Cl. The summed E-state index contributed by atoms with van der Waals surface area (Å²) < 4.78 is 0. The lowest BCUT2D eigenvalue weighted by atomic mass is 9.96. The van der Waals surface area contributed by atoms with Crippen molar-refractivity contribution in [1.29, 1.82) is 0 Å². The van der Waals surface area contributed by atoms with E-state index in [0.29, 0.717) is 5.92 Å². The number of unbranched alkanes of at least 4 members (excludes halogenated alkanes) is 1. The highest BCUT2D eigenvalue weighted by molar-refractivity contribution is 6.31. The molecule has 1 atom stereocenters. The summed E-state index contributed by atoms with van der Waals surface area (Å²) >= 11 is 6.04. The third kappa shape index (κ3) is 3.00. The Labute approximate surface area is 85.1 Å². The van der Waals surface area contributed by atoms with Crippen LogP contribution in [0.3, 0.4) is 0 Å². The normalized spacial score (nSPS) is 12.8. The van der Waals surface area contributed by atoms with E-state index in [2.05, 4.69) is 18.8 Å². The quantitative estimate of drug-likeness (QED) is 0.710. The van der Waals surface area contributed by atoms with Gasteiger partial charge in [-0.2, -0.15) is 0 Å². The highest BCUT2D eigenvalue weighted by Crippen LogP contribution is 2.26. The fourth-order valence-electron chi connectivity index (χ4n) is 1.45. The van der Waals surface area contributed by atoms with Crippen molar-refractivity contribution in [2.75, 3.05) is 0 Å². The number of rotatable bonds is 4. The Bertz CT molecular complexity index is 260. The smallest absolute Gasteiger partial charge is 0.0624 e. The second kappa shape index (κ2) is 5.23. The van der Waals surface area contributed by atoms with Gasteiger partial charge in [-0.1, -0.05) is 38.3 Å². The standard InChI is InChI=1S/C11H16ClN/c1-3-4-5-9(2)10-6-7-13-8-11(10)12/h6-9H,3-5H2,1-2H3/t9-/m1/s1. The zero-order valence-corrected chi connectivity index (χ0v) is 9.01. The third-order valence-electron chi connectivity index (χ3n) is 2.33. The van der Waals surface area contributed by atoms with Gasteiger partial charge in [0, 0.05) is 12.4 Å². The Morgan fingerprint density at radius 3 is 2.92 bits per heavy atom. The maximum atomic E-state index is 6.04. The topological polar surface area (TPSA) is 12.9 Å². The van der Waals surface area contributed by atoms with Crippen molar-refractivity contribution >= 4 is 11.6 Å².